The van der Waals surface area contributed by atoms with Crippen molar-refractivity contribution >= 4 is 23.7 Å². The topological polar surface area (TPSA) is 105 Å². The highest BCUT2D eigenvalue weighted by Crippen LogP contribution is 2.02. The van der Waals surface area contributed by atoms with Gasteiger partial charge in [-0.1, -0.05) is 18.2 Å². The molecule has 0 aromatic heterocycles. The van der Waals surface area contributed by atoms with E-state index in [2.05, 4.69) is 10.2 Å². The van der Waals surface area contributed by atoms with E-state index in [0.717, 1.165) is 0 Å². The Kier molecular flexibility index (Phi) is 3.84. The number of carbonyl (C=O) groups excluding carboxylic acids is 2. The van der Waals surface area contributed by atoms with Gasteiger partial charge in [-0.3, -0.25) is 15.6 Å². The number of hydrogen-bond acceptors (Lipinski definition) is 5. The van der Waals surface area contributed by atoms with Gasteiger partial charge in [-0.2, -0.15) is 0 Å². The lowest BCUT2D eigenvalue weighted by molar-refractivity contribution is -0.151. The summed E-state index contributed by atoms with van der Waals surface area (Å²) in [7, 11) is 0. The summed E-state index contributed by atoms with van der Waals surface area (Å²) in [5.74, 6) is -2.71. The first-order chi connectivity index (χ1) is 7.59. The zero-order chi connectivity index (χ0) is 12.0. The van der Waals surface area contributed by atoms with Gasteiger partial charge in [-0.15, -0.1) is 0 Å². The summed E-state index contributed by atoms with van der Waals surface area (Å²) < 4.78 is 3.63. The second-order valence-corrected chi connectivity index (χ2v) is 2.60. The molecule has 7 heteroatoms. The van der Waals surface area contributed by atoms with Gasteiger partial charge >= 0.3 is 18.0 Å². The molecular formula is C9H8N2O5. The Hall–Kier alpha value is -2.57. The molecule has 0 aliphatic rings. The molecule has 3 N–H and O–H groups in total. The average molecular weight is 224 g/mol. The van der Waals surface area contributed by atoms with Crippen LogP contribution in [0.2, 0.25) is 0 Å². The highest BCUT2D eigenvalue weighted by atomic mass is 16.7. The summed E-state index contributed by atoms with van der Waals surface area (Å²) >= 11 is 0. The Balaban J connectivity index is 2.41. The lowest BCUT2D eigenvalue weighted by Gasteiger charge is -2.06. The minimum absolute atomic E-state index is 0.541. The summed E-state index contributed by atoms with van der Waals surface area (Å²) in [5.41, 5.74) is 4.92. The second-order valence-electron chi connectivity index (χ2n) is 2.60. The zero-order valence-electron chi connectivity index (χ0n) is 7.97. The molecule has 16 heavy (non-hydrogen) atoms. The molecule has 0 aliphatic heterocycles. The van der Waals surface area contributed by atoms with Gasteiger partial charge in [-0.05, 0) is 12.1 Å². The van der Waals surface area contributed by atoms with Gasteiger partial charge in [0.25, 0.3) is 0 Å². The van der Waals surface area contributed by atoms with Gasteiger partial charge in [0.1, 0.15) is 0 Å². The Morgan fingerprint density at radius 3 is 2.31 bits per heavy atom. The maximum atomic E-state index is 10.9. The minimum atomic E-state index is -1.83. The standard InChI is InChI=1S/C9H8N2O5/c12-7(8(13)16-9(14)15)11-10-6-4-2-1-3-5-6/h1-5,10H,(H,11,12)(H,14,15). The lowest BCUT2D eigenvalue weighted by Crippen LogP contribution is -2.37. The highest BCUT2D eigenvalue weighted by Gasteiger charge is 2.18. The molecule has 0 aliphatic carbocycles. The second kappa shape index (κ2) is 5.35. The number of ether oxygens (including phenoxy) is 1. The first kappa shape index (κ1) is 11.5. The van der Waals surface area contributed by atoms with Crippen molar-refractivity contribution in [3.63, 3.8) is 0 Å². The Labute approximate surface area is 90.0 Å². The van der Waals surface area contributed by atoms with Gasteiger partial charge in [0, 0.05) is 0 Å². The third-order valence-corrected chi connectivity index (χ3v) is 1.46. The van der Waals surface area contributed by atoms with Crippen LogP contribution < -0.4 is 10.9 Å². The molecule has 0 radical (unpaired) electrons. The minimum Gasteiger partial charge on any atom is -0.449 e. The van der Waals surface area contributed by atoms with Crippen molar-refractivity contribution in [2.75, 3.05) is 5.43 Å². The number of hydrazine groups is 1. The molecular weight excluding hydrogens is 216 g/mol. The monoisotopic (exact) mass is 224 g/mol. The number of amides is 1. The quantitative estimate of drug-likeness (QED) is 0.290. The van der Waals surface area contributed by atoms with E-state index >= 15 is 0 Å². The largest absolute Gasteiger partial charge is 0.514 e. The first-order valence-corrected chi connectivity index (χ1v) is 4.15. The molecule has 0 unspecified atom stereocenters. The summed E-state index contributed by atoms with van der Waals surface area (Å²) in [6, 6.07) is 8.48. The number of anilines is 1. The molecule has 1 aromatic rings. The van der Waals surface area contributed by atoms with Crippen LogP contribution in [0.15, 0.2) is 30.3 Å². The van der Waals surface area contributed by atoms with Crippen LogP contribution in [-0.2, 0) is 14.3 Å². The van der Waals surface area contributed by atoms with Crippen LogP contribution in [0, 0.1) is 0 Å². The molecule has 0 heterocycles. The molecule has 7 nitrogen and oxygen atoms in total. The van der Waals surface area contributed by atoms with E-state index in [1.165, 1.54) is 0 Å². The predicted octanol–water partition coefficient (Wildman–Crippen LogP) is 0.351. The van der Waals surface area contributed by atoms with Crippen molar-refractivity contribution in [3.05, 3.63) is 30.3 Å². The number of carboxylic acid groups (broad SMARTS) is 1. The first-order valence-electron chi connectivity index (χ1n) is 4.15. The van der Waals surface area contributed by atoms with Crippen LogP contribution in [0.1, 0.15) is 0 Å². The van der Waals surface area contributed by atoms with Crippen molar-refractivity contribution in [1.29, 1.82) is 0 Å². The van der Waals surface area contributed by atoms with Gasteiger partial charge < -0.3 is 9.84 Å². The molecule has 0 fully saturated rings. The van der Waals surface area contributed by atoms with Crippen LogP contribution in [-0.4, -0.2) is 23.1 Å². The SMILES string of the molecule is O=C(O)OC(=O)C(=O)NNc1ccccc1. The highest BCUT2D eigenvalue weighted by molar-refractivity contribution is 6.34. The molecule has 0 saturated carbocycles. The summed E-state index contributed by atoms with van der Waals surface area (Å²) in [6.07, 6.45) is -1.83. The number of hydrogen-bond donors (Lipinski definition) is 3. The fourth-order valence-electron chi connectivity index (χ4n) is 0.827. The lowest BCUT2D eigenvalue weighted by atomic mass is 10.3. The molecule has 1 amide bonds. The van der Waals surface area contributed by atoms with Crippen molar-refractivity contribution in [2.24, 2.45) is 0 Å². The number of para-hydroxylation sites is 1. The van der Waals surface area contributed by atoms with E-state index in [1.54, 1.807) is 30.3 Å². The fourth-order valence-corrected chi connectivity index (χ4v) is 0.827. The number of carbonyl (C=O) groups is 3. The van der Waals surface area contributed by atoms with Crippen LogP contribution in [0.3, 0.4) is 0 Å². The Morgan fingerprint density at radius 1 is 1.12 bits per heavy atom. The third-order valence-electron chi connectivity index (χ3n) is 1.46. The van der Waals surface area contributed by atoms with E-state index in [0.29, 0.717) is 5.69 Å². The Morgan fingerprint density at radius 2 is 1.75 bits per heavy atom. The molecule has 1 rings (SSSR count). The summed E-state index contributed by atoms with van der Waals surface area (Å²) in [6.45, 7) is 0. The van der Waals surface area contributed by atoms with Crippen LogP contribution in [0.25, 0.3) is 0 Å². The summed E-state index contributed by atoms with van der Waals surface area (Å²) in [5, 5.41) is 8.07. The molecule has 0 saturated heterocycles. The number of benzene rings is 1. The van der Waals surface area contributed by atoms with Crippen molar-refractivity contribution in [1.82, 2.24) is 5.43 Å². The number of esters is 1. The zero-order valence-corrected chi connectivity index (χ0v) is 7.97. The van der Waals surface area contributed by atoms with Gasteiger partial charge in [0.05, 0.1) is 5.69 Å². The molecule has 0 atom stereocenters. The van der Waals surface area contributed by atoms with Crippen LogP contribution in [0.4, 0.5) is 10.5 Å². The molecule has 84 valence electrons. The van der Waals surface area contributed by atoms with E-state index in [9.17, 15) is 14.4 Å². The number of nitrogens with one attached hydrogen (secondary N) is 2. The van der Waals surface area contributed by atoms with Crippen molar-refractivity contribution < 1.29 is 24.2 Å². The van der Waals surface area contributed by atoms with Gasteiger partial charge in [-0.25, -0.2) is 9.59 Å². The normalized spacial score (nSPS) is 9.00. The smallest absolute Gasteiger partial charge is 0.449 e. The van der Waals surface area contributed by atoms with Crippen LogP contribution >= 0.6 is 0 Å². The van der Waals surface area contributed by atoms with Gasteiger partial charge in [0.15, 0.2) is 0 Å². The molecule has 1 aromatic carbocycles. The number of rotatable bonds is 2. The predicted molar refractivity (Wildman–Crippen MR) is 52.3 cm³/mol. The van der Waals surface area contributed by atoms with Crippen molar-refractivity contribution in [3.8, 4) is 0 Å². The average Bonchev–Trinajstić information content (AvgIpc) is 2.26. The maximum absolute atomic E-state index is 10.9. The fraction of sp³-hybridized carbons (Fsp3) is 0. The molecule has 0 spiro atoms. The van der Waals surface area contributed by atoms with E-state index in [4.69, 9.17) is 5.11 Å². The molecule has 0 bridgehead atoms. The van der Waals surface area contributed by atoms with E-state index in [1.807, 2.05) is 5.43 Å². The van der Waals surface area contributed by atoms with Crippen LogP contribution in [0.5, 0.6) is 0 Å². The van der Waals surface area contributed by atoms with Gasteiger partial charge in [0.2, 0.25) is 0 Å². The maximum Gasteiger partial charge on any atom is 0.514 e. The van der Waals surface area contributed by atoms with E-state index < -0.39 is 18.0 Å². The third kappa shape index (κ3) is 3.66. The summed E-state index contributed by atoms with van der Waals surface area (Å²) in [4.78, 5) is 31.6. The van der Waals surface area contributed by atoms with Crippen molar-refractivity contribution in [2.45, 2.75) is 0 Å². The Bertz CT molecular complexity index is 404. The van der Waals surface area contributed by atoms with E-state index in [-0.39, 0.29) is 0 Å².